The lowest BCUT2D eigenvalue weighted by Crippen LogP contribution is -2.44. The zero-order valence-corrected chi connectivity index (χ0v) is 21.9. The average Bonchev–Trinajstić information content (AvgIpc) is 3.43. The maximum atomic E-state index is 12.6. The van der Waals surface area contributed by atoms with Crippen molar-refractivity contribution in [3.63, 3.8) is 0 Å². The molecular formula is C21H33IN6O3S. The second kappa shape index (κ2) is 11.4. The number of sulfonamides is 1. The summed E-state index contributed by atoms with van der Waals surface area (Å²) in [5, 5.41) is 21.2. The highest BCUT2D eigenvalue weighted by Crippen LogP contribution is 2.21. The monoisotopic (exact) mass is 576 g/mol. The largest absolute Gasteiger partial charge is 0.383 e. The second-order valence-corrected chi connectivity index (χ2v) is 9.92. The highest BCUT2D eigenvalue weighted by Gasteiger charge is 2.27. The van der Waals surface area contributed by atoms with Gasteiger partial charge in [0.1, 0.15) is 5.60 Å². The Balaban J connectivity index is 0.00000363. The lowest BCUT2D eigenvalue weighted by atomic mass is 10.00. The van der Waals surface area contributed by atoms with Gasteiger partial charge in [0.15, 0.2) is 5.96 Å². The summed E-state index contributed by atoms with van der Waals surface area (Å²) in [6.07, 6.45) is 5.26. The number of aryl methyl sites for hydroxylation is 1. The van der Waals surface area contributed by atoms with E-state index in [9.17, 15) is 13.5 Å². The third kappa shape index (κ3) is 6.65. The SMILES string of the molecule is CCNC(=NCc1ccc(S(=O)(=O)N2CCCC2)cc1)NCC(C)(O)c1cnn(C)c1.I. The number of benzene rings is 1. The summed E-state index contributed by atoms with van der Waals surface area (Å²) in [7, 11) is -1.60. The van der Waals surface area contributed by atoms with E-state index >= 15 is 0 Å². The number of hydrogen-bond donors (Lipinski definition) is 3. The standard InChI is InChI=1S/C21H32N6O3S.HI/c1-4-22-20(24-16-21(2,28)18-14-25-26(3)15-18)23-13-17-7-9-19(10-8-17)31(29,30)27-11-5-6-12-27;/h7-10,14-15,28H,4-6,11-13,16H2,1-3H3,(H2,22,23,24);1H. The summed E-state index contributed by atoms with van der Waals surface area (Å²) in [6, 6.07) is 6.88. The normalized spacial score (nSPS) is 16.9. The Morgan fingerprint density at radius 1 is 1.22 bits per heavy atom. The zero-order valence-electron chi connectivity index (χ0n) is 18.8. The fraction of sp³-hybridized carbons (Fsp3) is 0.524. The number of aliphatic hydroxyl groups is 1. The van der Waals surface area contributed by atoms with Gasteiger partial charge in [0, 0.05) is 38.4 Å². The molecule has 1 aliphatic rings. The molecule has 32 heavy (non-hydrogen) atoms. The molecule has 2 heterocycles. The number of guanidine groups is 1. The lowest BCUT2D eigenvalue weighted by Gasteiger charge is -2.23. The van der Waals surface area contributed by atoms with Crippen LogP contribution in [0.1, 0.15) is 37.8 Å². The van der Waals surface area contributed by atoms with Crippen molar-refractivity contribution in [3.05, 3.63) is 47.8 Å². The van der Waals surface area contributed by atoms with Crippen molar-refractivity contribution in [2.75, 3.05) is 26.2 Å². The molecule has 1 aliphatic heterocycles. The van der Waals surface area contributed by atoms with Crippen molar-refractivity contribution in [3.8, 4) is 0 Å². The fourth-order valence-corrected chi connectivity index (χ4v) is 4.93. The Labute approximate surface area is 207 Å². The average molecular weight is 577 g/mol. The Hall–Kier alpha value is -1.70. The van der Waals surface area contributed by atoms with E-state index in [0.29, 0.717) is 42.6 Å². The molecule has 0 saturated carbocycles. The highest BCUT2D eigenvalue weighted by molar-refractivity contribution is 14.0. The number of aromatic nitrogens is 2. The van der Waals surface area contributed by atoms with Crippen molar-refractivity contribution < 1.29 is 13.5 Å². The number of nitrogens with one attached hydrogen (secondary N) is 2. The van der Waals surface area contributed by atoms with E-state index < -0.39 is 15.6 Å². The number of aliphatic imine (C=N–C) groups is 1. The molecule has 0 bridgehead atoms. The second-order valence-electron chi connectivity index (χ2n) is 7.98. The molecule has 11 heteroatoms. The van der Waals surface area contributed by atoms with Crippen molar-refractivity contribution in [2.45, 2.75) is 43.7 Å². The molecule has 0 aliphatic carbocycles. The van der Waals surface area contributed by atoms with Gasteiger partial charge in [0.05, 0.1) is 24.2 Å². The Bertz CT molecular complexity index is 999. The van der Waals surface area contributed by atoms with Gasteiger partial charge >= 0.3 is 0 Å². The highest BCUT2D eigenvalue weighted by atomic mass is 127. The van der Waals surface area contributed by atoms with Gasteiger partial charge in [-0.3, -0.25) is 4.68 Å². The first-order valence-electron chi connectivity index (χ1n) is 10.5. The van der Waals surface area contributed by atoms with Crippen molar-refractivity contribution in [1.82, 2.24) is 24.7 Å². The number of nitrogens with zero attached hydrogens (tertiary/aromatic N) is 4. The molecule has 1 fully saturated rings. The first-order valence-corrected chi connectivity index (χ1v) is 12.0. The third-order valence-electron chi connectivity index (χ3n) is 5.32. The summed E-state index contributed by atoms with van der Waals surface area (Å²) >= 11 is 0. The van der Waals surface area contributed by atoms with Crippen molar-refractivity contribution in [1.29, 1.82) is 0 Å². The summed E-state index contributed by atoms with van der Waals surface area (Å²) in [6.45, 7) is 6.19. The summed E-state index contributed by atoms with van der Waals surface area (Å²) in [5.74, 6) is 0.570. The predicted molar refractivity (Wildman–Crippen MR) is 135 cm³/mol. The number of halogens is 1. The summed E-state index contributed by atoms with van der Waals surface area (Å²) in [4.78, 5) is 4.88. The van der Waals surface area contributed by atoms with Crippen LogP contribution in [0, 0.1) is 0 Å². The molecule has 9 nitrogen and oxygen atoms in total. The number of hydrogen-bond acceptors (Lipinski definition) is 5. The minimum atomic E-state index is -3.41. The van der Waals surface area contributed by atoms with Crippen LogP contribution in [0.25, 0.3) is 0 Å². The molecule has 0 amide bonds. The van der Waals surface area contributed by atoms with Gasteiger partial charge in [-0.25, -0.2) is 13.4 Å². The Kier molecular flexibility index (Phi) is 9.49. The minimum Gasteiger partial charge on any atom is -0.383 e. The Morgan fingerprint density at radius 3 is 2.44 bits per heavy atom. The van der Waals surface area contributed by atoms with E-state index in [1.807, 2.05) is 6.92 Å². The molecule has 2 aromatic rings. The van der Waals surface area contributed by atoms with Gasteiger partial charge in [-0.2, -0.15) is 9.40 Å². The fourth-order valence-electron chi connectivity index (χ4n) is 3.41. The van der Waals surface area contributed by atoms with Gasteiger partial charge < -0.3 is 15.7 Å². The van der Waals surface area contributed by atoms with E-state index in [4.69, 9.17) is 0 Å². The van der Waals surface area contributed by atoms with Gasteiger partial charge in [-0.05, 0) is 44.4 Å². The molecule has 0 radical (unpaired) electrons. The zero-order chi connectivity index (χ0) is 22.5. The van der Waals surface area contributed by atoms with Crippen LogP contribution in [0.5, 0.6) is 0 Å². The molecule has 3 N–H and O–H groups in total. The number of rotatable bonds is 8. The van der Waals surface area contributed by atoms with Crippen LogP contribution in [0.2, 0.25) is 0 Å². The molecule has 0 spiro atoms. The first-order chi connectivity index (χ1) is 14.7. The van der Waals surface area contributed by atoms with E-state index in [0.717, 1.165) is 18.4 Å². The van der Waals surface area contributed by atoms with Gasteiger partial charge in [-0.15, -0.1) is 24.0 Å². The van der Waals surface area contributed by atoms with E-state index in [-0.39, 0.29) is 30.5 Å². The predicted octanol–water partition coefficient (Wildman–Crippen LogP) is 1.79. The van der Waals surface area contributed by atoms with E-state index in [2.05, 4.69) is 20.7 Å². The van der Waals surface area contributed by atoms with Gasteiger partial charge in [0.2, 0.25) is 10.0 Å². The van der Waals surface area contributed by atoms with Crippen LogP contribution in [-0.4, -0.2) is 59.7 Å². The van der Waals surface area contributed by atoms with Gasteiger partial charge in [-0.1, -0.05) is 12.1 Å². The van der Waals surface area contributed by atoms with Crippen LogP contribution < -0.4 is 10.6 Å². The molecule has 1 aromatic carbocycles. The lowest BCUT2D eigenvalue weighted by molar-refractivity contribution is 0.0616. The Morgan fingerprint density at radius 2 is 1.88 bits per heavy atom. The van der Waals surface area contributed by atoms with Crippen LogP contribution in [-0.2, 0) is 29.2 Å². The van der Waals surface area contributed by atoms with Crippen LogP contribution in [0.3, 0.4) is 0 Å². The maximum absolute atomic E-state index is 12.6. The molecular weight excluding hydrogens is 543 g/mol. The van der Waals surface area contributed by atoms with E-state index in [1.54, 1.807) is 59.6 Å². The van der Waals surface area contributed by atoms with Crippen molar-refractivity contribution >= 4 is 40.0 Å². The molecule has 1 aromatic heterocycles. The quantitative estimate of drug-likeness (QED) is 0.251. The molecule has 1 unspecified atom stereocenters. The topological polar surface area (TPSA) is 112 Å². The molecule has 178 valence electrons. The molecule has 1 saturated heterocycles. The van der Waals surface area contributed by atoms with Crippen LogP contribution >= 0.6 is 24.0 Å². The third-order valence-corrected chi connectivity index (χ3v) is 7.23. The van der Waals surface area contributed by atoms with Crippen LogP contribution in [0.15, 0.2) is 46.5 Å². The summed E-state index contributed by atoms with van der Waals surface area (Å²) in [5.41, 5.74) is 0.514. The molecule has 1 atom stereocenters. The van der Waals surface area contributed by atoms with Crippen LogP contribution in [0.4, 0.5) is 0 Å². The van der Waals surface area contributed by atoms with E-state index in [1.165, 1.54) is 0 Å². The smallest absolute Gasteiger partial charge is 0.243 e. The molecule has 3 rings (SSSR count). The maximum Gasteiger partial charge on any atom is 0.243 e. The first kappa shape index (κ1) is 26.6. The van der Waals surface area contributed by atoms with Crippen molar-refractivity contribution in [2.24, 2.45) is 12.0 Å². The minimum absolute atomic E-state index is 0. The summed E-state index contributed by atoms with van der Waals surface area (Å²) < 4.78 is 28.5. The van der Waals surface area contributed by atoms with Gasteiger partial charge in [0.25, 0.3) is 0 Å².